The van der Waals surface area contributed by atoms with E-state index in [9.17, 15) is 22.8 Å². The van der Waals surface area contributed by atoms with Gasteiger partial charge in [0.15, 0.2) is 0 Å². The molecule has 2 aromatic rings. The molecule has 27 heavy (non-hydrogen) atoms. The molecule has 0 atom stereocenters. The maximum atomic E-state index is 12.5. The molecule has 0 unspecified atom stereocenters. The van der Waals surface area contributed by atoms with Crippen molar-refractivity contribution < 1.29 is 32.0 Å². The summed E-state index contributed by atoms with van der Waals surface area (Å²) >= 11 is 0. The topological polar surface area (TPSA) is 85.5 Å². The second-order valence-electron chi connectivity index (χ2n) is 6.14. The van der Waals surface area contributed by atoms with Gasteiger partial charge in [0.05, 0.1) is 0 Å². The molecular weight excluding hydrogens is 367 g/mol. The van der Waals surface area contributed by atoms with Gasteiger partial charge in [-0.15, -0.1) is 0 Å². The van der Waals surface area contributed by atoms with Crippen molar-refractivity contribution in [3.8, 4) is 11.4 Å². The molecule has 0 bridgehead atoms. The summed E-state index contributed by atoms with van der Waals surface area (Å²) in [6, 6.07) is 6.37. The van der Waals surface area contributed by atoms with Crippen LogP contribution in [0.2, 0.25) is 0 Å². The van der Waals surface area contributed by atoms with Gasteiger partial charge in [-0.05, 0) is 18.4 Å². The zero-order chi connectivity index (χ0) is 19.6. The maximum absolute atomic E-state index is 12.5. The predicted molar refractivity (Wildman–Crippen MR) is 85.2 cm³/mol. The van der Waals surface area contributed by atoms with E-state index in [2.05, 4.69) is 14.7 Å². The number of hydrogen-bond donors (Lipinski definition) is 0. The average molecular weight is 383 g/mol. The highest BCUT2D eigenvalue weighted by atomic mass is 19.4. The van der Waals surface area contributed by atoms with E-state index in [0.717, 1.165) is 18.4 Å². The van der Waals surface area contributed by atoms with Gasteiger partial charge in [-0.1, -0.05) is 29.4 Å². The van der Waals surface area contributed by atoms with Crippen molar-refractivity contribution in [1.29, 1.82) is 0 Å². The van der Waals surface area contributed by atoms with Crippen LogP contribution < -0.4 is 0 Å². The van der Waals surface area contributed by atoms with Crippen molar-refractivity contribution in [3.63, 3.8) is 0 Å². The Bertz CT molecular complexity index is 829. The van der Waals surface area contributed by atoms with Crippen LogP contribution in [-0.2, 0) is 27.0 Å². The largest absolute Gasteiger partial charge is 0.471 e. The first-order chi connectivity index (χ1) is 12.8. The Balaban J connectivity index is 1.72. The van der Waals surface area contributed by atoms with Gasteiger partial charge < -0.3 is 14.2 Å². The lowest BCUT2D eigenvalue weighted by Crippen LogP contribution is -2.39. The quantitative estimate of drug-likeness (QED) is 0.683. The second kappa shape index (κ2) is 7.47. The van der Waals surface area contributed by atoms with Crippen molar-refractivity contribution in [2.24, 2.45) is 0 Å². The van der Waals surface area contributed by atoms with Crippen molar-refractivity contribution in [1.82, 2.24) is 15.0 Å². The van der Waals surface area contributed by atoms with E-state index >= 15 is 0 Å². The van der Waals surface area contributed by atoms with Crippen LogP contribution in [-0.4, -0.2) is 46.5 Å². The molecule has 1 aromatic carbocycles. The van der Waals surface area contributed by atoms with Gasteiger partial charge in [0, 0.05) is 25.3 Å². The Morgan fingerprint density at radius 3 is 2.44 bits per heavy atom. The fraction of sp³-hybridized carbons (Fsp3) is 0.412. The fourth-order valence-corrected chi connectivity index (χ4v) is 2.52. The Morgan fingerprint density at radius 1 is 1.26 bits per heavy atom. The Morgan fingerprint density at radius 2 is 1.93 bits per heavy atom. The summed E-state index contributed by atoms with van der Waals surface area (Å²) in [4.78, 5) is 28.9. The van der Waals surface area contributed by atoms with Crippen LogP contribution in [0.15, 0.2) is 28.8 Å². The number of carbonyl (C=O) groups is 2. The summed E-state index contributed by atoms with van der Waals surface area (Å²) in [5.74, 6) is -2.81. The number of ether oxygens (including phenoxy) is 1. The summed E-state index contributed by atoms with van der Waals surface area (Å²) in [5.41, 5.74) is 1.07. The van der Waals surface area contributed by atoms with E-state index in [1.807, 2.05) is 0 Å². The number of methoxy groups -OCH3 is 1. The first kappa shape index (κ1) is 19.0. The lowest BCUT2D eigenvalue weighted by atomic mass is 10.1. The molecule has 0 N–H and O–H groups in total. The van der Waals surface area contributed by atoms with Crippen molar-refractivity contribution in [2.75, 3.05) is 13.7 Å². The molecule has 0 saturated heterocycles. The Kier molecular flexibility index (Phi) is 5.26. The number of carbonyl (C=O) groups excluding carboxylic acids is 2. The first-order valence-corrected chi connectivity index (χ1v) is 8.12. The monoisotopic (exact) mass is 383 g/mol. The number of halogens is 3. The van der Waals surface area contributed by atoms with Gasteiger partial charge in [0.1, 0.15) is 6.61 Å². The third kappa shape index (κ3) is 4.51. The van der Waals surface area contributed by atoms with Gasteiger partial charge in [-0.3, -0.25) is 9.59 Å². The van der Waals surface area contributed by atoms with Crippen LogP contribution in [0, 0.1) is 0 Å². The second-order valence-corrected chi connectivity index (χ2v) is 6.14. The number of aromatic nitrogens is 2. The van der Waals surface area contributed by atoms with E-state index in [0.29, 0.717) is 5.56 Å². The van der Waals surface area contributed by atoms with E-state index in [-0.39, 0.29) is 25.0 Å². The summed E-state index contributed by atoms with van der Waals surface area (Å²) < 4.78 is 46.5. The van der Waals surface area contributed by atoms with Crippen molar-refractivity contribution in [3.05, 3.63) is 35.7 Å². The minimum Gasteiger partial charge on any atom is -0.376 e. The Labute approximate surface area is 152 Å². The summed E-state index contributed by atoms with van der Waals surface area (Å²) in [6.45, 7) is -0.0559. The molecular formula is C17H16F3N3O4. The summed E-state index contributed by atoms with van der Waals surface area (Å²) in [6.07, 6.45) is -3.05. The lowest BCUT2D eigenvalue weighted by molar-refractivity contribution is -0.159. The van der Waals surface area contributed by atoms with E-state index in [1.165, 1.54) is 24.1 Å². The van der Waals surface area contributed by atoms with Crippen LogP contribution >= 0.6 is 0 Å². The normalized spacial score (nSPS) is 14.2. The predicted octanol–water partition coefficient (Wildman–Crippen LogP) is 2.46. The number of amides is 1. The number of hydrogen-bond acceptors (Lipinski definition) is 6. The van der Waals surface area contributed by atoms with Gasteiger partial charge in [0.2, 0.25) is 11.6 Å². The fourth-order valence-electron chi connectivity index (χ4n) is 2.52. The summed E-state index contributed by atoms with van der Waals surface area (Å²) in [7, 11) is 1.34. The SMILES string of the molecule is COCC(=O)C(=O)N(Cc1ccc(-c2noc(C(F)(F)F)n2)cc1)C1CC1. The molecule has 0 aliphatic heterocycles. The van der Waals surface area contributed by atoms with E-state index in [4.69, 9.17) is 4.74 Å². The highest BCUT2D eigenvalue weighted by molar-refractivity contribution is 6.36. The number of nitrogens with zero attached hydrogens (tertiary/aromatic N) is 3. The zero-order valence-electron chi connectivity index (χ0n) is 14.3. The van der Waals surface area contributed by atoms with Crippen LogP contribution in [0.4, 0.5) is 13.2 Å². The third-order valence-electron chi connectivity index (χ3n) is 4.00. The number of rotatable bonds is 7. The Hall–Kier alpha value is -2.75. The molecule has 7 nitrogen and oxygen atoms in total. The highest BCUT2D eigenvalue weighted by Gasteiger charge is 2.38. The number of benzene rings is 1. The first-order valence-electron chi connectivity index (χ1n) is 8.12. The molecule has 144 valence electrons. The molecule has 0 radical (unpaired) electrons. The number of Topliss-reactive ketones (excluding diaryl/α,β-unsaturated/α-hetero) is 1. The standard InChI is InChI=1S/C17H16F3N3O4/c1-26-9-13(24)15(25)23(12-6-7-12)8-10-2-4-11(5-3-10)14-21-16(27-22-14)17(18,19)20/h2-5,12H,6-9H2,1H3. The molecule has 1 saturated carbocycles. The molecule has 10 heteroatoms. The molecule has 1 heterocycles. The van der Waals surface area contributed by atoms with Crippen molar-refractivity contribution in [2.45, 2.75) is 31.6 Å². The van der Waals surface area contributed by atoms with Gasteiger partial charge in [0.25, 0.3) is 5.91 Å². The number of alkyl halides is 3. The van der Waals surface area contributed by atoms with Gasteiger partial charge >= 0.3 is 12.1 Å². The molecule has 1 aliphatic carbocycles. The van der Waals surface area contributed by atoms with Gasteiger partial charge in [-0.25, -0.2) is 0 Å². The third-order valence-corrected chi connectivity index (χ3v) is 4.00. The minimum absolute atomic E-state index is 0.0181. The van der Waals surface area contributed by atoms with Crippen LogP contribution in [0.25, 0.3) is 11.4 Å². The molecule has 1 amide bonds. The average Bonchev–Trinajstić information content (AvgIpc) is 3.33. The van der Waals surface area contributed by atoms with Crippen LogP contribution in [0.1, 0.15) is 24.3 Å². The summed E-state index contributed by atoms with van der Waals surface area (Å²) in [5, 5.41) is 3.32. The number of ketones is 1. The molecule has 0 spiro atoms. The van der Waals surface area contributed by atoms with Crippen molar-refractivity contribution >= 4 is 11.7 Å². The van der Waals surface area contributed by atoms with E-state index < -0.39 is 23.8 Å². The maximum Gasteiger partial charge on any atom is 0.471 e. The zero-order valence-corrected chi connectivity index (χ0v) is 14.3. The van der Waals surface area contributed by atoms with Crippen LogP contribution in [0.3, 0.4) is 0 Å². The minimum atomic E-state index is -4.70. The van der Waals surface area contributed by atoms with E-state index in [1.54, 1.807) is 12.1 Å². The molecule has 3 rings (SSSR count). The lowest BCUT2D eigenvalue weighted by Gasteiger charge is -2.21. The van der Waals surface area contributed by atoms with Crippen LogP contribution in [0.5, 0.6) is 0 Å². The highest BCUT2D eigenvalue weighted by Crippen LogP contribution is 2.30. The molecule has 1 aromatic heterocycles. The smallest absolute Gasteiger partial charge is 0.376 e. The molecule has 1 fully saturated rings. The molecule has 1 aliphatic rings. The van der Waals surface area contributed by atoms with Gasteiger partial charge in [-0.2, -0.15) is 18.2 Å².